The lowest BCUT2D eigenvalue weighted by molar-refractivity contribution is -0.111. The largest absolute Gasteiger partial charge is 0.465 e. The summed E-state index contributed by atoms with van der Waals surface area (Å²) >= 11 is 0. The highest BCUT2D eigenvalue weighted by Crippen LogP contribution is 2.25. The fraction of sp³-hybridized carbons (Fsp3) is 0. The van der Waals surface area contributed by atoms with Gasteiger partial charge in [-0.3, -0.25) is 4.79 Å². The number of rotatable bonds is 2. The second-order valence-corrected chi connectivity index (χ2v) is 4.11. The first kappa shape index (κ1) is 11.3. The Kier molecular flexibility index (Phi) is 2.90. The molecule has 0 saturated heterocycles. The van der Waals surface area contributed by atoms with Crippen molar-refractivity contribution in [1.82, 2.24) is 0 Å². The molecule has 0 atom stereocenters. The number of anilines is 2. The maximum Gasteiger partial charge on any atom is 0.250 e. The molecule has 2 heterocycles. The molecule has 2 aromatic rings. The summed E-state index contributed by atoms with van der Waals surface area (Å²) in [5.74, 6) is 0.581. The molecule has 1 aliphatic heterocycles. The Morgan fingerprint density at radius 1 is 0.947 bits per heavy atom. The van der Waals surface area contributed by atoms with E-state index in [0.29, 0.717) is 5.70 Å². The summed E-state index contributed by atoms with van der Waals surface area (Å²) in [4.78, 5) is 11.7. The molecule has 0 radical (unpaired) electrons. The summed E-state index contributed by atoms with van der Waals surface area (Å²) in [5, 5.41) is 6.01. The Morgan fingerprint density at radius 3 is 2.47 bits per heavy atom. The number of benzene rings is 1. The van der Waals surface area contributed by atoms with Crippen LogP contribution in [0.25, 0.3) is 6.08 Å². The third-order valence-electron chi connectivity index (χ3n) is 2.72. The number of para-hydroxylation sites is 2. The highest BCUT2D eigenvalue weighted by Gasteiger charge is 2.10. The van der Waals surface area contributed by atoms with Gasteiger partial charge in [-0.25, -0.2) is 0 Å². The summed E-state index contributed by atoms with van der Waals surface area (Å²) in [6.45, 7) is 0. The van der Waals surface area contributed by atoms with E-state index in [9.17, 15) is 4.79 Å². The minimum Gasteiger partial charge on any atom is -0.465 e. The molecule has 1 aromatic heterocycles. The van der Waals surface area contributed by atoms with Crippen molar-refractivity contribution in [3.05, 3.63) is 66.3 Å². The summed E-state index contributed by atoms with van der Waals surface area (Å²) < 4.78 is 5.21. The molecular weight excluding hydrogens is 240 g/mol. The van der Waals surface area contributed by atoms with E-state index < -0.39 is 0 Å². The normalized spacial score (nSPS) is 14.3. The number of allylic oxidation sites excluding steroid dienone is 1. The van der Waals surface area contributed by atoms with Crippen molar-refractivity contribution in [3.8, 4) is 0 Å². The molecule has 1 aliphatic rings. The van der Waals surface area contributed by atoms with Crippen molar-refractivity contribution in [2.75, 3.05) is 10.6 Å². The summed E-state index contributed by atoms with van der Waals surface area (Å²) in [7, 11) is 0. The molecule has 2 N–H and O–H groups in total. The van der Waals surface area contributed by atoms with E-state index in [1.165, 1.54) is 6.08 Å². The Bertz CT molecular complexity index is 655. The highest BCUT2D eigenvalue weighted by atomic mass is 16.3. The van der Waals surface area contributed by atoms with Gasteiger partial charge < -0.3 is 15.1 Å². The smallest absolute Gasteiger partial charge is 0.250 e. The number of furan rings is 1. The van der Waals surface area contributed by atoms with Crippen molar-refractivity contribution in [2.45, 2.75) is 0 Å². The molecule has 1 amide bonds. The van der Waals surface area contributed by atoms with Crippen LogP contribution in [-0.2, 0) is 4.79 Å². The molecule has 0 unspecified atom stereocenters. The van der Waals surface area contributed by atoms with Gasteiger partial charge >= 0.3 is 0 Å². The van der Waals surface area contributed by atoms with Crippen molar-refractivity contribution < 1.29 is 9.21 Å². The number of fused-ring (bicyclic) bond motifs is 1. The zero-order valence-electron chi connectivity index (χ0n) is 10.1. The van der Waals surface area contributed by atoms with Gasteiger partial charge in [0.1, 0.15) is 5.76 Å². The van der Waals surface area contributed by atoms with Crippen LogP contribution in [0, 0.1) is 0 Å². The van der Waals surface area contributed by atoms with Gasteiger partial charge in [-0.15, -0.1) is 0 Å². The summed E-state index contributed by atoms with van der Waals surface area (Å²) in [6.07, 6.45) is 6.73. The third kappa shape index (κ3) is 2.57. The minimum absolute atomic E-state index is 0.156. The predicted molar refractivity (Wildman–Crippen MR) is 74.5 cm³/mol. The third-order valence-corrected chi connectivity index (χ3v) is 2.72. The lowest BCUT2D eigenvalue weighted by atomic mass is 10.2. The summed E-state index contributed by atoms with van der Waals surface area (Å²) in [6, 6.07) is 11.2. The fourth-order valence-electron chi connectivity index (χ4n) is 1.85. The van der Waals surface area contributed by atoms with Crippen LogP contribution in [0.3, 0.4) is 0 Å². The van der Waals surface area contributed by atoms with Gasteiger partial charge in [0.2, 0.25) is 0 Å². The van der Waals surface area contributed by atoms with E-state index in [0.717, 1.165) is 17.1 Å². The average Bonchev–Trinajstić information content (AvgIpc) is 2.85. The maximum absolute atomic E-state index is 11.7. The maximum atomic E-state index is 11.7. The van der Waals surface area contributed by atoms with Gasteiger partial charge in [0, 0.05) is 11.8 Å². The molecule has 0 fully saturated rings. The van der Waals surface area contributed by atoms with Gasteiger partial charge in [0.25, 0.3) is 5.91 Å². The van der Waals surface area contributed by atoms with Gasteiger partial charge in [0.15, 0.2) is 0 Å². The van der Waals surface area contributed by atoms with Crippen LogP contribution < -0.4 is 10.6 Å². The predicted octanol–water partition coefficient (Wildman–Crippen LogP) is 3.24. The second-order valence-electron chi connectivity index (χ2n) is 4.11. The van der Waals surface area contributed by atoms with Gasteiger partial charge in [-0.1, -0.05) is 12.1 Å². The number of carbonyl (C=O) groups is 1. The van der Waals surface area contributed by atoms with Crippen LogP contribution in [0.15, 0.2) is 64.9 Å². The lowest BCUT2D eigenvalue weighted by Crippen LogP contribution is -2.06. The van der Waals surface area contributed by atoms with E-state index in [1.807, 2.05) is 36.4 Å². The number of hydrogen-bond donors (Lipinski definition) is 2. The molecule has 4 heteroatoms. The zero-order valence-corrected chi connectivity index (χ0v) is 10.1. The Labute approximate surface area is 110 Å². The van der Waals surface area contributed by atoms with Crippen LogP contribution in [0.4, 0.5) is 11.4 Å². The van der Waals surface area contributed by atoms with Crippen LogP contribution >= 0.6 is 0 Å². The topological polar surface area (TPSA) is 54.3 Å². The monoisotopic (exact) mass is 252 g/mol. The second kappa shape index (κ2) is 4.86. The summed E-state index contributed by atoms with van der Waals surface area (Å²) in [5.41, 5.74) is 2.34. The molecular formula is C15H12N2O2. The number of hydrogen-bond acceptors (Lipinski definition) is 3. The fourth-order valence-corrected chi connectivity index (χ4v) is 1.85. The number of nitrogens with one attached hydrogen (secondary N) is 2. The Hall–Kier alpha value is -2.75. The number of carbonyl (C=O) groups excluding carboxylic acids is 1. The van der Waals surface area contributed by atoms with Crippen LogP contribution in [0.2, 0.25) is 0 Å². The lowest BCUT2D eigenvalue weighted by Gasteiger charge is -2.07. The van der Waals surface area contributed by atoms with Gasteiger partial charge in [-0.2, -0.15) is 0 Å². The molecule has 4 nitrogen and oxygen atoms in total. The van der Waals surface area contributed by atoms with E-state index >= 15 is 0 Å². The highest BCUT2D eigenvalue weighted by molar-refractivity contribution is 6.04. The first-order chi connectivity index (χ1) is 9.31. The van der Waals surface area contributed by atoms with Crippen LogP contribution in [0.5, 0.6) is 0 Å². The molecule has 3 rings (SSSR count). The van der Waals surface area contributed by atoms with Crippen molar-refractivity contribution >= 4 is 23.4 Å². The SMILES string of the molecule is O=C1C=C(C=Cc2ccco2)Nc2ccccc2N1. The van der Waals surface area contributed by atoms with E-state index in [2.05, 4.69) is 10.6 Å². The molecule has 0 spiro atoms. The quantitative estimate of drug-likeness (QED) is 0.862. The van der Waals surface area contributed by atoms with E-state index in [4.69, 9.17) is 4.42 Å². The molecule has 0 bridgehead atoms. The van der Waals surface area contributed by atoms with Crippen LogP contribution in [0.1, 0.15) is 5.76 Å². The van der Waals surface area contributed by atoms with Crippen LogP contribution in [-0.4, -0.2) is 5.91 Å². The van der Waals surface area contributed by atoms with Gasteiger partial charge in [-0.05, 0) is 36.4 Å². The molecule has 19 heavy (non-hydrogen) atoms. The average molecular weight is 252 g/mol. The minimum atomic E-state index is -0.156. The van der Waals surface area contributed by atoms with Gasteiger partial charge in [0.05, 0.1) is 17.6 Å². The standard InChI is InChI=1S/C15H12N2O2/c18-15-10-11(7-8-12-4-3-9-19-12)16-13-5-1-2-6-14(13)17-15/h1-10,16H,(H,17,18). The van der Waals surface area contributed by atoms with Crippen molar-refractivity contribution in [1.29, 1.82) is 0 Å². The zero-order chi connectivity index (χ0) is 13.1. The number of amides is 1. The Morgan fingerprint density at radius 2 is 1.74 bits per heavy atom. The molecule has 0 saturated carbocycles. The van der Waals surface area contributed by atoms with Crippen molar-refractivity contribution in [3.63, 3.8) is 0 Å². The first-order valence-electron chi connectivity index (χ1n) is 5.91. The molecule has 0 aliphatic carbocycles. The van der Waals surface area contributed by atoms with E-state index in [1.54, 1.807) is 18.4 Å². The van der Waals surface area contributed by atoms with E-state index in [-0.39, 0.29) is 5.91 Å². The first-order valence-corrected chi connectivity index (χ1v) is 5.91. The molecule has 94 valence electrons. The Balaban J connectivity index is 1.88. The van der Waals surface area contributed by atoms with Crippen molar-refractivity contribution in [2.24, 2.45) is 0 Å². The molecule has 1 aromatic carbocycles.